The number of Topliss-reactive ketones (excluding diaryl/α,β-unsaturated/α-hetero) is 1. The molecule has 0 spiro atoms. The Labute approximate surface area is 207 Å². The van der Waals surface area contributed by atoms with Gasteiger partial charge in [-0.15, -0.1) is 0 Å². The minimum absolute atomic E-state index is 0.00259. The van der Waals surface area contributed by atoms with Crippen LogP contribution in [0.15, 0.2) is 60.7 Å². The smallest absolute Gasteiger partial charge is 0.274 e. The van der Waals surface area contributed by atoms with Gasteiger partial charge in [0, 0.05) is 5.56 Å². The maximum Gasteiger partial charge on any atom is 0.274 e. The van der Waals surface area contributed by atoms with Gasteiger partial charge >= 0.3 is 0 Å². The number of nitrogens with zero attached hydrogens (tertiary/aromatic N) is 2. The van der Waals surface area contributed by atoms with E-state index in [-0.39, 0.29) is 22.4 Å². The number of benzene rings is 2. The number of ketones is 1. The fourth-order valence-corrected chi connectivity index (χ4v) is 6.43. The molecule has 1 heterocycles. The van der Waals surface area contributed by atoms with Gasteiger partial charge in [-0.25, -0.2) is 5.01 Å². The number of imide groups is 1. The van der Waals surface area contributed by atoms with Gasteiger partial charge in [0.2, 0.25) is 0 Å². The average molecular weight is 491 g/mol. The Balaban J connectivity index is 1.37. The van der Waals surface area contributed by atoms with Crippen LogP contribution < -0.4 is 4.74 Å². The Morgan fingerprint density at radius 2 is 1.66 bits per heavy atom. The van der Waals surface area contributed by atoms with E-state index in [4.69, 9.17) is 16.3 Å². The lowest BCUT2D eigenvalue weighted by molar-refractivity contribution is -0.154. The number of hydrogen-bond acceptors (Lipinski definition) is 5. The molecule has 5 aliphatic rings. The first kappa shape index (κ1) is 22.0. The summed E-state index contributed by atoms with van der Waals surface area (Å²) >= 11 is 6.29. The van der Waals surface area contributed by atoms with Crippen molar-refractivity contribution in [1.82, 2.24) is 10.0 Å². The summed E-state index contributed by atoms with van der Waals surface area (Å²) in [5.41, 5.74) is 0.424. The molecule has 2 aromatic carbocycles. The molecule has 3 fully saturated rings. The van der Waals surface area contributed by atoms with Crippen LogP contribution in [-0.2, 0) is 9.59 Å². The van der Waals surface area contributed by atoms with Gasteiger partial charge in [-0.3, -0.25) is 19.2 Å². The van der Waals surface area contributed by atoms with Crippen molar-refractivity contribution in [3.05, 3.63) is 76.8 Å². The lowest BCUT2D eigenvalue weighted by Gasteiger charge is -2.37. The second-order valence-corrected chi connectivity index (χ2v) is 10.0. The standard InChI is InChI=1S/C27H23ClN2O5/c1-35-15-6-4-5-14(11-15)22(31)13-29(25(32)18-7-2-3-8-21(18)28)30-26(33)23-16-9-10-17(20-12-19(16)20)24(23)27(30)34/h2-11,16-17,19-20,23-24H,12-13H2,1H3/t16-,17-,19-,20-,23-,24+/m0/s1. The van der Waals surface area contributed by atoms with Crippen molar-refractivity contribution >= 4 is 35.1 Å². The van der Waals surface area contributed by atoms with Gasteiger partial charge in [-0.1, -0.05) is 48.0 Å². The van der Waals surface area contributed by atoms with Crippen LogP contribution in [0.25, 0.3) is 0 Å². The van der Waals surface area contributed by atoms with E-state index in [0.29, 0.717) is 23.1 Å². The SMILES string of the molecule is COc1cccc(C(=O)CN(C(=O)c2ccccc2Cl)N2C(=O)[C@@H]3[C@H]4C=C[C@@H]([C@@H]5C[C@@H]45)[C@@H]3C2=O)c1. The van der Waals surface area contributed by atoms with Crippen molar-refractivity contribution in [2.24, 2.45) is 35.5 Å². The van der Waals surface area contributed by atoms with Crippen molar-refractivity contribution < 1.29 is 23.9 Å². The van der Waals surface area contributed by atoms with E-state index < -0.39 is 41.9 Å². The molecule has 0 N–H and O–H groups in total. The first-order chi connectivity index (χ1) is 16.9. The summed E-state index contributed by atoms with van der Waals surface area (Å²) in [5.74, 6) is -1.56. The van der Waals surface area contributed by atoms with Crippen molar-refractivity contribution in [1.29, 1.82) is 0 Å². The van der Waals surface area contributed by atoms with Crippen LogP contribution in [0.5, 0.6) is 5.75 Å². The summed E-state index contributed by atoms with van der Waals surface area (Å²) in [7, 11) is 1.49. The van der Waals surface area contributed by atoms with E-state index >= 15 is 0 Å². The molecule has 1 aliphatic heterocycles. The topological polar surface area (TPSA) is 84.0 Å². The van der Waals surface area contributed by atoms with E-state index in [1.807, 2.05) is 0 Å². The van der Waals surface area contributed by atoms with E-state index in [1.54, 1.807) is 42.5 Å². The number of hydrogen-bond donors (Lipinski definition) is 0. The zero-order valence-corrected chi connectivity index (χ0v) is 19.7. The molecule has 2 aromatic rings. The first-order valence-corrected chi connectivity index (χ1v) is 12.1. The van der Waals surface area contributed by atoms with Crippen molar-refractivity contribution in [3.8, 4) is 5.75 Å². The third-order valence-corrected chi connectivity index (χ3v) is 8.23. The number of ether oxygens (including phenoxy) is 1. The number of carbonyl (C=O) groups excluding carboxylic acids is 4. The molecule has 7 nitrogen and oxygen atoms in total. The van der Waals surface area contributed by atoms with Gasteiger partial charge in [0.25, 0.3) is 17.7 Å². The number of halogens is 1. The summed E-state index contributed by atoms with van der Waals surface area (Å²) in [6.07, 6.45) is 5.17. The van der Waals surface area contributed by atoms with Gasteiger partial charge in [0.1, 0.15) is 12.3 Å². The fraction of sp³-hybridized carbons (Fsp3) is 0.333. The first-order valence-electron chi connectivity index (χ1n) is 11.7. The predicted octanol–water partition coefficient (Wildman–Crippen LogP) is 3.64. The lowest BCUT2D eigenvalue weighted by Crippen LogP contribution is -2.52. The molecule has 8 heteroatoms. The third kappa shape index (κ3) is 3.32. The zero-order chi connectivity index (χ0) is 24.4. The summed E-state index contributed by atoms with van der Waals surface area (Å²) in [6, 6.07) is 12.9. The maximum atomic E-state index is 13.7. The molecule has 4 aliphatic carbocycles. The summed E-state index contributed by atoms with van der Waals surface area (Å²) < 4.78 is 5.21. The Morgan fingerprint density at radius 1 is 1.00 bits per heavy atom. The predicted molar refractivity (Wildman–Crippen MR) is 126 cm³/mol. The molecule has 2 saturated carbocycles. The van der Waals surface area contributed by atoms with E-state index in [9.17, 15) is 19.2 Å². The molecule has 0 aromatic heterocycles. The number of rotatable bonds is 6. The quantitative estimate of drug-likeness (QED) is 0.350. The fourth-order valence-electron chi connectivity index (χ4n) is 6.21. The number of allylic oxidation sites excluding steroid dienone is 2. The number of hydrazine groups is 1. The molecule has 7 rings (SSSR count). The van der Waals surface area contributed by atoms with Crippen molar-refractivity contribution in [2.45, 2.75) is 6.42 Å². The molecular formula is C27H23ClN2O5. The van der Waals surface area contributed by atoms with Crippen LogP contribution in [0.1, 0.15) is 27.1 Å². The van der Waals surface area contributed by atoms with Gasteiger partial charge in [-0.2, -0.15) is 5.01 Å². The molecule has 2 bridgehead atoms. The molecule has 3 amide bonds. The summed E-state index contributed by atoms with van der Waals surface area (Å²) in [5, 5.41) is 2.09. The minimum atomic E-state index is -0.669. The van der Waals surface area contributed by atoms with Gasteiger partial charge in [0.15, 0.2) is 5.78 Å². The molecule has 0 unspecified atom stereocenters. The second-order valence-electron chi connectivity index (χ2n) is 9.64. The highest BCUT2D eigenvalue weighted by molar-refractivity contribution is 6.34. The van der Waals surface area contributed by atoms with Crippen LogP contribution in [0.2, 0.25) is 5.02 Å². The van der Waals surface area contributed by atoms with Gasteiger partial charge in [0.05, 0.1) is 29.5 Å². The second kappa shape index (κ2) is 8.05. The molecular weight excluding hydrogens is 468 g/mol. The van der Waals surface area contributed by atoms with Crippen molar-refractivity contribution in [3.63, 3.8) is 0 Å². The molecule has 35 heavy (non-hydrogen) atoms. The van der Waals surface area contributed by atoms with Crippen LogP contribution in [0, 0.1) is 35.5 Å². The molecule has 178 valence electrons. The molecule has 6 atom stereocenters. The largest absolute Gasteiger partial charge is 0.497 e. The highest BCUT2D eigenvalue weighted by atomic mass is 35.5. The maximum absolute atomic E-state index is 13.7. The zero-order valence-electron chi connectivity index (χ0n) is 19.0. The highest BCUT2D eigenvalue weighted by Gasteiger charge is 2.68. The van der Waals surface area contributed by atoms with Crippen LogP contribution in [0.4, 0.5) is 0 Å². The highest BCUT2D eigenvalue weighted by Crippen LogP contribution is 2.65. The lowest BCUT2D eigenvalue weighted by atomic mass is 9.63. The third-order valence-electron chi connectivity index (χ3n) is 7.90. The Bertz CT molecular complexity index is 1270. The van der Waals surface area contributed by atoms with E-state index in [1.165, 1.54) is 13.2 Å². The molecule has 1 saturated heterocycles. The normalized spacial score (nSPS) is 29.6. The minimum Gasteiger partial charge on any atom is -0.497 e. The Hall–Kier alpha value is -3.45. The van der Waals surface area contributed by atoms with E-state index in [0.717, 1.165) is 16.4 Å². The number of carbonyl (C=O) groups is 4. The Morgan fingerprint density at radius 3 is 2.29 bits per heavy atom. The van der Waals surface area contributed by atoms with Crippen molar-refractivity contribution in [2.75, 3.05) is 13.7 Å². The van der Waals surface area contributed by atoms with Crippen LogP contribution in [0.3, 0.4) is 0 Å². The number of methoxy groups -OCH3 is 1. The summed E-state index contributed by atoms with van der Waals surface area (Å²) in [4.78, 5) is 54.4. The van der Waals surface area contributed by atoms with Gasteiger partial charge in [-0.05, 0) is 54.4 Å². The average Bonchev–Trinajstić information content (AvgIpc) is 3.66. The van der Waals surface area contributed by atoms with E-state index in [2.05, 4.69) is 12.2 Å². The van der Waals surface area contributed by atoms with Crippen LogP contribution >= 0.6 is 11.6 Å². The monoisotopic (exact) mass is 490 g/mol. The van der Waals surface area contributed by atoms with Crippen LogP contribution in [-0.4, -0.2) is 47.2 Å². The summed E-state index contributed by atoms with van der Waals surface area (Å²) in [6.45, 7) is -0.482. The molecule has 0 radical (unpaired) electrons. The Kier molecular flexibility index (Phi) is 5.07. The number of amides is 3. The van der Waals surface area contributed by atoms with Gasteiger partial charge < -0.3 is 4.74 Å².